The Morgan fingerprint density at radius 1 is 1.42 bits per heavy atom. The average molecular weight is 367 g/mol. The molecule has 6 nitrogen and oxygen atoms in total. The number of hydrogen-bond donors (Lipinski definition) is 1. The van der Waals surface area contributed by atoms with Crippen molar-refractivity contribution in [1.82, 2.24) is 10.2 Å². The summed E-state index contributed by atoms with van der Waals surface area (Å²) in [6.45, 7) is 3.83. The van der Waals surface area contributed by atoms with Crippen LogP contribution in [0, 0.1) is 0 Å². The molecule has 1 aromatic rings. The number of thiocarbonyl (C=S) groups is 1. The molecule has 2 amide bonds. The second-order valence-corrected chi connectivity index (χ2v) is 5.61. The summed E-state index contributed by atoms with van der Waals surface area (Å²) in [4.78, 5) is 25.4. The molecule has 2 rings (SSSR count). The molecule has 8 heteroatoms. The third-order valence-corrected chi connectivity index (χ3v) is 3.87. The number of carbonyl (C=O) groups is 2. The molecular weight excluding hydrogens is 352 g/mol. The van der Waals surface area contributed by atoms with E-state index in [9.17, 15) is 9.59 Å². The molecule has 1 aliphatic rings. The van der Waals surface area contributed by atoms with E-state index in [1.807, 2.05) is 0 Å². The number of benzene rings is 1. The van der Waals surface area contributed by atoms with Crippen LogP contribution in [-0.2, 0) is 9.59 Å². The Hall–Kier alpha value is -2.38. The lowest BCUT2D eigenvalue weighted by Gasteiger charge is -2.25. The van der Waals surface area contributed by atoms with Crippen LogP contribution in [0.1, 0.15) is 5.56 Å². The number of carbonyl (C=O) groups excluding carboxylic acids is 2. The van der Waals surface area contributed by atoms with Gasteiger partial charge < -0.3 is 9.47 Å². The number of nitrogens with one attached hydrogen (secondary N) is 1. The SMILES string of the molecule is C=CCOc1c(Cl)cc(/C=C2\C(=O)NC(=S)N(C)C2=O)cc1OC. The summed E-state index contributed by atoms with van der Waals surface area (Å²) in [6.07, 6.45) is 3.00. The quantitative estimate of drug-likeness (QED) is 0.374. The van der Waals surface area contributed by atoms with Crippen LogP contribution in [0.4, 0.5) is 0 Å². The average Bonchev–Trinajstić information content (AvgIpc) is 2.55. The molecule has 1 fully saturated rings. The van der Waals surface area contributed by atoms with Gasteiger partial charge in [-0.15, -0.1) is 0 Å². The first-order valence-corrected chi connectivity index (χ1v) is 7.64. The van der Waals surface area contributed by atoms with Crippen molar-refractivity contribution >= 4 is 46.8 Å². The zero-order valence-corrected chi connectivity index (χ0v) is 14.7. The van der Waals surface area contributed by atoms with Crippen molar-refractivity contribution < 1.29 is 19.1 Å². The monoisotopic (exact) mass is 366 g/mol. The molecule has 0 spiro atoms. The summed E-state index contributed by atoms with van der Waals surface area (Å²) in [5.41, 5.74) is 0.464. The van der Waals surface area contributed by atoms with Crippen LogP contribution >= 0.6 is 23.8 Å². The van der Waals surface area contributed by atoms with Gasteiger partial charge in [-0.1, -0.05) is 24.3 Å². The van der Waals surface area contributed by atoms with Crippen LogP contribution in [0.2, 0.25) is 5.02 Å². The van der Waals surface area contributed by atoms with Crippen molar-refractivity contribution in [2.75, 3.05) is 20.8 Å². The summed E-state index contributed by atoms with van der Waals surface area (Å²) >= 11 is 11.1. The second-order valence-electron chi connectivity index (χ2n) is 4.82. The number of rotatable bonds is 5. The first-order chi connectivity index (χ1) is 11.4. The molecule has 1 aromatic carbocycles. The van der Waals surface area contributed by atoms with E-state index < -0.39 is 11.8 Å². The predicted molar refractivity (Wildman–Crippen MR) is 95.2 cm³/mol. The Labute approximate surface area is 149 Å². The lowest BCUT2D eigenvalue weighted by molar-refractivity contribution is -0.128. The van der Waals surface area contributed by atoms with Crippen molar-refractivity contribution in [1.29, 1.82) is 0 Å². The van der Waals surface area contributed by atoms with Crippen molar-refractivity contribution in [3.05, 3.63) is 40.9 Å². The first kappa shape index (κ1) is 18.0. The van der Waals surface area contributed by atoms with Gasteiger partial charge in [0.15, 0.2) is 16.6 Å². The first-order valence-electron chi connectivity index (χ1n) is 6.85. The number of ether oxygens (including phenoxy) is 2. The highest BCUT2D eigenvalue weighted by atomic mass is 35.5. The molecule has 1 N–H and O–H groups in total. The van der Waals surface area contributed by atoms with Crippen LogP contribution < -0.4 is 14.8 Å². The molecule has 24 heavy (non-hydrogen) atoms. The molecular formula is C16H15ClN2O4S. The molecule has 0 atom stereocenters. The molecule has 1 saturated heterocycles. The van der Waals surface area contributed by atoms with E-state index >= 15 is 0 Å². The molecule has 0 saturated carbocycles. The summed E-state index contributed by atoms with van der Waals surface area (Å²) in [5.74, 6) is -0.321. The fourth-order valence-electron chi connectivity index (χ4n) is 2.02. The van der Waals surface area contributed by atoms with Crippen LogP contribution in [-0.4, -0.2) is 42.6 Å². The number of nitrogens with zero attached hydrogens (tertiary/aromatic N) is 1. The predicted octanol–water partition coefficient (Wildman–Crippen LogP) is 2.17. The largest absolute Gasteiger partial charge is 0.493 e. The third kappa shape index (κ3) is 3.58. The van der Waals surface area contributed by atoms with Gasteiger partial charge in [-0.3, -0.25) is 19.8 Å². The van der Waals surface area contributed by atoms with Gasteiger partial charge in [0.1, 0.15) is 12.2 Å². The van der Waals surface area contributed by atoms with Gasteiger partial charge in [-0.2, -0.15) is 0 Å². The number of likely N-dealkylation sites (N-methyl/N-ethyl adjacent to an activating group) is 1. The van der Waals surface area contributed by atoms with E-state index in [1.54, 1.807) is 18.2 Å². The van der Waals surface area contributed by atoms with E-state index in [1.165, 1.54) is 25.1 Å². The number of amides is 2. The molecule has 1 aliphatic heterocycles. The van der Waals surface area contributed by atoms with Gasteiger partial charge in [-0.25, -0.2) is 0 Å². The standard InChI is InChI=1S/C16H15ClN2O4S/c1-4-5-23-13-11(17)7-9(8-12(13)22-3)6-10-14(20)18-16(24)19(2)15(10)21/h4,6-8H,1,5H2,2-3H3,(H,18,20,24)/b10-6+. The molecule has 0 aromatic heterocycles. The Kier molecular flexibility index (Phi) is 5.58. The lowest BCUT2D eigenvalue weighted by Crippen LogP contribution is -2.52. The van der Waals surface area contributed by atoms with E-state index in [4.69, 9.17) is 33.3 Å². The van der Waals surface area contributed by atoms with Crippen molar-refractivity contribution in [2.45, 2.75) is 0 Å². The highest BCUT2D eigenvalue weighted by molar-refractivity contribution is 7.80. The summed E-state index contributed by atoms with van der Waals surface area (Å²) in [5, 5.41) is 2.79. The van der Waals surface area contributed by atoms with Crippen molar-refractivity contribution in [2.24, 2.45) is 0 Å². The number of halogens is 1. The van der Waals surface area contributed by atoms with Gasteiger partial charge >= 0.3 is 0 Å². The van der Waals surface area contributed by atoms with E-state index in [0.29, 0.717) is 17.1 Å². The number of methoxy groups -OCH3 is 1. The fourth-order valence-corrected chi connectivity index (χ4v) is 2.47. The van der Waals surface area contributed by atoms with Crippen LogP contribution in [0.15, 0.2) is 30.4 Å². The fraction of sp³-hybridized carbons (Fsp3) is 0.188. The molecule has 0 aliphatic carbocycles. The molecule has 0 unspecified atom stereocenters. The summed E-state index contributed by atoms with van der Waals surface area (Å²) in [7, 11) is 2.95. The smallest absolute Gasteiger partial charge is 0.265 e. The third-order valence-electron chi connectivity index (χ3n) is 3.21. The van der Waals surface area contributed by atoms with E-state index in [-0.39, 0.29) is 22.3 Å². The molecule has 0 radical (unpaired) electrons. The maximum atomic E-state index is 12.2. The maximum absolute atomic E-state index is 12.2. The zero-order chi connectivity index (χ0) is 17.9. The Morgan fingerprint density at radius 2 is 2.12 bits per heavy atom. The second kappa shape index (κ2) is 7.46. The van der Waals surface area contributed by atoms with Crippen molar-refractivity contribution in [3.63, 3.8) is 0 Å². The van der Waals surface area contributed by atoms with Gasteiger partial charge in [0, 0.05) is 7.05 Å². The minimum atomic E-state index is -0.565. The molecule has 126 valence electrons. The zero-order valence-electron chi connectivity index (χ0n) is 13.1. The van der Waals surface area contributed by atoms with Gasteiger partial charge in [-0.05, 0) is 36.0 Å². The topological polar surface area (TPSA) is 67.9 Å². The lowest BCUT2D eigenvalue weighted by atomic mass is 10.1. The maximum Gasteiger partial charge on any atom is 0.265 e. The van der Waals surface area contributed by atoms with Gasteiger partial charge in [0.2, 0.25) is 0 Å². The summed E-state index contributed by atoms with van der Waals surface area (Å²) < 4.78 is 10.7. The van der Waals surface area contributed by atoms with Gasteiger partial charge in [0.25, 0.3) is 11.8 Å². The minimum absolute atomic E-state index is 0.0519. The van der Waals surface area contributed by atoms with Crippen LogP contribution in [0.3, 0.4) is 0 Å². The van der Waals surface area contributed by atoms with E-state index in [0.717, 1.165) is 0 Å². The summed E-state index contributed by atoms with van der Waals surface area (Å²) in [6, 6.07) is 3.19. The highest BCUT2D eigenvalue weighted by Crippen LogP contribution is 2.37. The Balaban J connectivity index is 2.44. The van der Waals surface area contributed by atoms with Gasteiger partial charge in [0.05, 0.1) is 12.1 Å². The van der Waals surface area contributed by atoms with E-state index in [2.05, 4.69) is 11.9 Å². The van der Waals surface area contributed by atoms with Crippen molar-refractivity contribution in [3.8, 4) is 11.5 Å². The Bertz CT molecular complexity index is 761. The molecule has 1 heterocycles. The highest BCUT2D eigenvalue weighted by Gasteiger charge is 2.30. The Morgan fingerprint density at radius 3 is 2.75 bits per heavy atom. The minimum Gasteiger partial charge on any atom is -0.493 e. The normalized spacial score (nSPS) is 16.2. The van der Waals surface area contributed by atoms with Crippen LogP contribution in [0.5, 0.6) is 11.5 Å². The van der Waals surface area contributed by atoms with Crippen LogP contribution in [0.25, 0.3) is 6.08 Å². The number of hydrogen-bond acceptors (Lipinski definition) is 5. The molecule has 0 bridgehead atoms.